The van der Waals surface area contributed by atoms with Crippen LogP contribution in [0, 0.1) is 0 Å². The van der Waals surface area contributed by atoms with Crippen LogP contribution >= 0.6 is 0 Å². The molecule has 2 heteroatoms. The molecule has 0 aromatic heterocycles. The molecular formula is C13H21NO. The second-order valence-electron chi connectivity index (χ2n) is 3.83. The molecule has 0 heterocycles. The van der Waals surface area contributed by atoms with Gasteiger partial charge in [0.05, 0.1) is 6.61 Å². The molecule has 0 amide bonds. The van der Waals surface area contributed by atoms with Crippen molar-refractivity contribution in [2.24, 2.45) is 0 Å². The van der Waals surface area contributed by atoms with E-state index in [0.29, 0.717) is 6.04 Å². The van der Waals surface area contributed by atoms with Gasteiger partial charge in [-0.2, -0.15) is 0 Å². The van der Waals surface area contributed by atoms with Crippen LogP contribution in [-0.2, 0) is 0 Å². The fourth-order valence-electron chi connectivity index (χ4n) is 1.72. The first-order valence-electron chi connectivity index (χ1n) is 5.73. The average Bonchev–Trinajstić information content (AvgIpc) is 2.32. The summed E-state index contributed by atoms with van der Waals surface area (Å²) in [6.07, 6.45) is 2.00. The number of nitrogens with one attached hydrogen (secondary N) is 1. The minimum Gasteiger partial charge on any atom is -0.395 e. The molecule has 2 atom stereocenters. The molecule has 0 saturated carbocycles. The van der Waals surface area contributed by atoms with E-state index < -0.39 is 0 Å². The summed E-state index contributed by atoms with van der Waals surface area (Å²) in [6, 6.07) is 11.0. The Labute approximate surface area is 92.3 Å². The lowest BCUT2D eigenvalue weighted by Gasteiger charge is -2.23. The Morgan fingerprint density at radius 1 is 1.13 bits per heavy atom. The van der Waals surface area contributed by atoms with Crippen LogP contribution in [0.1, 0.15) is 38.3 Å². The summed E-state index contributed by atoms with van der Waals surface area (Å²) < 4.78 is 0. The van der Waals surface area contributed by atoms with Gasteiger partial charge in [0, 0.05) is 12.1 Å². The van der Waals surface area contributed by atoms with Crippen LogP contribution in [0.3, 0.4) is 0 Å². The van der Waals surface area contributed by atoms with Gasteiger partial charge in [-0.05, 0) is 18.4 Å². The summed E-state index contributed by atoms with van der Waals surface area (Å²) in [5.41, 5.74) is 1.30. The minimum absolute atomic E-state index is 0.204. The third-order valence-corrected chi connectivity index (χ3v) is 2.76. The smallest absolute Gasteiger partial charge is 0.0584 e. The number of rotatable bonds is 6. The zero-order chi connectivity index (χ0) is 11.1. The van der Waals surface area contributed by atoms with E-state index in [2.05, 4.69) is 43.4 Å². The van der Waals surface area contributed by atoms with Gasteiger partial charge in [0.25, 0.3) is 0 Å². The Balaban J connectivity index is 2.64. The van der Waals surface area contributed by atoms with Crippen LogP contribution in [0.4, 0.5) is 0 Å². The fourth-order valence-corrected chi connectivity index (χ4v) is 1.72. The molecule has 15 heavy (non-hydrogen) atoms. The second kappa shape index (κ2) is 6.59. The highest BCUT2D eigenvalue weighted by atomic mass is 16.3. The molecular weight excluding hydrogens is 186 g/mol. The lowest BCUT2D eigenvalue weighted by Crippen LogP contribution is -2.34. The summed E-state index contributed by atoms with van der Waals surface area (Å²) in [5.74, 6) is 0. The Hall–Kier alpha value is -0.860. The van der Waals surface area contributed by atoms with Crippen molar-refractivity contribution in [3.05, 3.63) is 35.9 Å². The summed E-state index contributed by atoms with van der Waals surface area (Å²) >= 11 is 0. The van der Waals surface area contributed by atoms with Crippen molar-refractivity contribution in [2.75, 3.05) is 6.61 Å². The fraction of sp³-hybridized carbons (Fsp3) is 0.538. The molecule has 0 radical (unpaired) electrons. The Morgan fingerprint density at radius 3 is 2.27 bits per heavy atom. The van der Waals surface area contributed by atoms with Crippen LogP contribution in [0.25, 0.3) is 0 Å². The van der Waals surface area contributed by atoms with E-state index in [9.17, 15) is 0 Å². The quantitative estimate of drug-likeness (QED) is 0.751. The minimum atomic E-state index is 0.204. The molecule has 0 saturated heterocycles. The summed E-state index contributed by atoms with van der Waals surface area (Å²) in [7, 11) is 0. The summed E-state index contributed by atoms with van der Waals surface area (Å²) in [4.78, 5) is 0. The molecule has 0 fully saturated rings. The summed E-state index contributed by atoms with van der Waals surface area (Å²) in [6.45, 7) is 4.46. The lowest BCUT2D eigenvalue weighted by atomic mass is 10.0. The highest BCUT2D eigenvalue weighted by molar-refractivity contribution is 5.18. The maximum Gasteiger partial charge on any atom is 0.0584 e. The molecule has 84 valence electrons. The summed E-state index contributed by atoms with van der Waals surface area (Å²) in [5, 5.41) is 12.6. The highest BCUT2D eigenvalue weighted by Gasteiger charge is 2.12. The molecule has 0 aliphatic carbocycles. The molecule has 0 aliphatic heterocycles. The van der Waals surface area contributed by atoms with E-state index in [1.165, 1.54) is 5.56 Å². The molecule has 2 nitrogen and oxygen atoms in total. The van der Waals surface area contributed by atoms with Gasteiger partial charge >= 0.3 is 0 Å². The van der Waals surface area contributed by atoms with Crippen molar-refractivity contribution in [1.82, 2.24) is 5.32 Å². The van der Waals surface area contributed by atoms with Crippen molar-refractivity contribution < 1.29 is 5.11 Å². The molecule has 1 aromatic carbocycles. The zero-order valence-electron chi connectivity index (χ0n) is 9.61. The van der Waals surface area contributed by atoms with Gasteiger partial charge in [0.1, 0.15) is 0 Å². The van der Waals surface area contributed by atoms with Crippen molar-refractivity contribution in [3.8, 4) is 0 Å². The van der Waals surface area contributed by atoms with Gasteiger partial charge in [-0.1, -0.05) is 44.2 Å². The number of aliphatic hydroxyl groups is 1. The first-order valence-corrected chi connectivity index (χ1v) is 5.73. The van der Waals surface area contributed by atoms with Crippen molar-refractivity contribution in [2.45, 2.75) is 38.8 Å². The SMILES string of the molecule is CC[C@H](CO)N[C@H](CC)c1ccccc1. The third kappa shape index (κ3) is 3.65. The maximum absolute atomic E-state index is 9.15. The van der Waals surface area contributed by atoms with Crippen LogP contribution in [0.15, 0.2) is 30.3 Å². The molecule has 1 rings (SSSR count). The Kier molecular flexibility index (Phi) is 5.37. The topological polar surface area (TPSA) is 32.3 Å². The van der Waals surface area contributed by atoms with Gasteiger partial charge in [-0.25, -0.2) is 0 Å². The van der Waals surface area contributed by atoms with Crippen molar-refractivity contribution >= 4 is 0 Å². The second-order valence-corrected chi connectivity index (χ2v) is 3.83. The van der Waals surface area contributed by atoms with Crippen LogP contribution in [0.5, 0.6) is 0 Å². The zero-order valence-corrected chi connectivity index (χ0v) is 9.61. The van der Waals surface area contributed by atoms with Gasteiger partial charge in [0.2, 0.25) is 0 Å². The number of benzene rings is 1. The Morgan fingerprint density at radius 2 is 1.80 bits per heavy atom. The van der Waals surface area contributed by atoms with Gasteiger partial charge in [-0.15, -0.1) is 0 Å². The number of hydrogen-bond acceptors (Lipinski definition) is 2. The van der Waals surface area contributed by atoms with Gasteiger partial charge in [-0.3, -0.25) is 0 Å². The first kappa shape index (κ1) is 12.2. The molecule has 0 aliphatic rings. The van der Waals surface area contributed by atoms with Gasteiger partial charge < -0.3 is 10.4 Å². The first-order chi connectivity index (χ1) is 7.31. The molecule has 1 aromatic rings. The van der Waals surface area contributed by atoms with Crippen molar-refractivity contribution in [3.63, 3.8) is 0 Å². The van der Waals surface area contributed by atoms with Crippen LogP contribution < -0.4 is 5.32 Å². The number of aliphatic hydroxyl groups excluding tert-OH is 1. The molecule has 0 unspecified atom stereocenters. The average molecular weight is 207 g/mol. The highest BCUT2D eigenvalue weighted by Crippen LogP contribution is 2.16. The van der Waals surface area contributed by atoms with Crippen LogP contribution in [-0.4, -0.2) is 17.8 Å². The third-order valence-electron chi connectivity index (χ3n) is 2.76. The van der Waals surface area contributed by atoms with E-state index in [1.807, 2.05) is 6.07 Å². The molecule has 2 N–H and O–H groups in total. The van der Waals surface area contributed by atoms with Gasteiger partial charge in [0.15, 0.2) is 0 Å². The van der Waals surface area contributed by atoms with E-state index in [-0.39, 0.29) is 12.6 Å². The monoisotopic (exact) mass is 207 g/mol. The standard InChI is InChI=1S/C13H21NO/c1-3-12(10-15)14-13(4-2)11-8-6-5-7-9-11/h5-9,12-15H,3-4,10H2,1-2H3/t12-,13-/m1/s1. The predicted octanol–water partition coefficient (Wildman–Crippen LogP) is 2.50. The number of hydrogen-bond donors (Lipinski definition) is 2. The Bertz CT molecular complexity index is 256. The van der Waals surface area contributed by atoms with E-state index in [0.717, 1.165) is 12.8 Å². The maximum atomic E-state index is 9.15. The molecule has 0 bridgehead atoms. The van der Waals surface area contributed by atoms with Crippen molar-refractivity contribution in [1.29, 1.82) is 0 Å². The van der Waals surface area contributed by atoms with E-state index in [4.69, 9.17) is 5.11 Å². The molecule has 0 spiro atoms. The predicted molar refractivity (Wildman–Crippen MR) is 63.8 cm³/mol. The normalized spacial score (nSPS) is 14.9. The van der Waals surface area contributed by atoms with E-state index >= 15 is 0 Å². The van der Waals surface area contributed by atoms with Crippen LogP contribution in [0.2, 0.25) is 0 Å². The van der Waals surface area contributed by atoms with E-state index in [1.54, 1.807) is 0 Å². The largest absolute Gasteiger partial charge is 0.395 e. The lowest BCUT2D eigenvalue weighted by molar-refractivity contribution is 0.226.